The topological polar surface area (TPSA) is 75.3 Å². The van der Waals surface area contributed by atoms with Crippen molar-refractivity contribution in [2.45, 2.75) is 36.2 Å². The van der Waals surface area contributed by atoms with Gasteiger partial charge in [-0.25, -0.2) is 9.97 Å². The molecule has 9 nitrogen and oxygen atoms in total. The van der Waals surface area contributed by atoms with Gasteiger partial charge in [0.2, 0.25) is 0 Å². The van der Waals surface area contributed by atoms with E-state index in [4.69, 9.17) is 9.97 Å². The van der Waals surface area contributed by atoms with Crippen molar-refractivity contribution in [1.29, 1.82) is 0 Å². The molecule has 0 saturated carbocycles. The van der Waals surface area contributed by atoms with Crippen LogP contribution in [0.15, 0.2) is 42.7 Å². The molecule has 2 unspecified atom stereocenters. The summed E-state index contributed by atoms with van der Waals surface area (Å²) in [5.74, 6) is 1.88. The molecule has 2 saturated heterocycles. The maximum Gasteiger partial charge on any atom is 0.256 e. The lowest BCUT2D eigenvalue weighted by Crippen LogP contribution is -2.37. The van der Waals surface area contributed by atoms with Crippen LogP contribution in [0, 0.1) is 0 Å². The minimum atomic E-state index is 0.0214. The van der Waals surface area contributed by atoms with Gasteiger partial charge in [-0.3, -0.25) is 9.78 Å². The molecule has 3 aliphatic rings. The number of halogens is 2. The molecular weight excluding hydrogens is 615 g/mol. The zero-order valence-corrected chi connectivity index (χ0v) is 27.3. The van der Waals surface area contributed by atoms with E-state index in [0.29, 0.717) is 30.8 Å². The van der Waals surface area contributed by atoms with Gasteiger partial charge in [0.05, 0.1) is 21.6 Å². The van der Waals surface area contributed by atoms with Gasteiger partial charge in [-0.05, 0) is 49.6 Å². The van der Waals surface area contributed by atoms with E-state index < -0.39 is 0 Å². The Kier molecular flexibility index (Phi) is 8.23. The zero-order valence-electron chi connectivity index (χ0n) is 25.6. The van der Waals surface area contributed by atoms with E-state index in [9.17, 15) is 12.6 Å². The first kappa shape index (κ1) is 30.1. The average Bonchev–Trinajstić information content (AvgIpc) is 3.76. The summed E-state index contributed by atoms with van der Waals surface area (Å²) in [7, 11) is 5.84. The van der Waals surface area contributed by atoms with Crippen molar-refractivity contribution >= 4 is 74.8 Å². The monoisotopic (exact) mass is 650 g/mol. The first-order valence-corrected chi connectivity index (χ1v) is 16.9. The lowest BCUT2D eigenvalue weighted by molar-refractivity contribution is 0.0781. The SMILES string of the molecule is CN1CCc2c(c3ccc(N4CCCC(SF)C4)nc3n2C)C1=O.Cn1c2ccncc2c2ccc(N3CCC(SF)C3)nc21. The Labute approximate surface area is 269 Å². The minimum Gasteiger partial charge on any atom is -0.355 e. The van der Waals surface area contributed by atoms with Crippen LogP contribution in [-0.2, 0) is 20.5 Å². The molecule has 0 N–H and O–H groups in total. The van der Waals surface area contributed by atoms with Gasteiger partial charge in [-0.15, -0.1) is 0 Å². The molecule has 0 spiro atoms. The van der Waals surface area contributed by atoms with Crippen LogP contribution in [0.5, 0.6) is 0 Å². The van der Waals surface area contributed by atoms with Crippen LogP contribution in [0.2, 0.25) is 0 Å². The molecule has 0 aromatic carbocycles. The second-order valence-electron chi connectivity index (χ2n) is 12.1. The molecule has 2 atom stereocenters. The Hall–Kier alpha value is -3.58. The van der Waals surface area contributed by atoms with Gasteiger partial charge in [-0.1, -0.05) is 0 Å². The number of hydrogen-bond acceptors (Lipinski definition) is 8. The fourth-order valence-electron chi connectivity index (χ4n) is 6.92. The van der Waals surface area contributed by atoms with E-state index >= 15 is 0 Å². The van der Waals surface area contributed by atoms with Gasteiger partial charge < -0.3 is 23.8 Å². The molecule has 5 aromatic heterocycles. The fourth-order valence-corrected chi connectivity index (χ4v) is 7.85. The normalized spacial score (nSPS) is 20.3. The lowest BCUT2D eigenvalue weighted by Gasteiger charge is -2.31. The van der Waals surface area contributed by atoms with E-state index in [1.807, 2.05) is 56.2 Å². The summed E-state index contributed by atoms with van der Waals surface area (Å²) in [6, 6.07) is 10.1. The lowest BCUT2D eigenvalue weighted by atomic mass is 10.0. The highest BCUT2D eigenvalue weighted by Gasteiger charge is 2.30. The number of carbonyl (C=O) groups excluding carboxylic acids is 1. The molecule has 5 aromatic rings. The molecule has 13 heteroatoms. The van der Waals surface area contributed by atoms with Gasteiger partial charge in [0, 0.05) is 119 Å². The van der Waals surface area contributed by atoms with Crippen molar-refractivity contribution in [2.24, 2.45) is 14.1 Å². The van der Waals surface area contributed by atoms with Gasteiger partial charge in [0.1, 0.15) is 22.9 Å². The first-order valence-electron chi connectivity index (χ1n) is 15.4. The summed E-state index contributed by atoms with van der Waals surface area (Å²) in [6.07, 6.45) is 7.30. The molecular formula is C32H36F2N8OS2. The van der Waals surface area contributed by atoms with Crippen LogP contribution in [0.1, 0.15) is 35.3 Å². The number of amides is 1. The van der Waals surface area contributed by atoms with Crippen LogP contribution in [0.25, 0.3) is 33.0 Å². The van der Waals surface area contributed by atoms with Crippen molar-refractivity contribution in [2.75, 3.05) is 49.6 Å². The highest BCUT2D eigenvalue weighted by Crippen LogP contribution is 2.33. The zero-order chi connectivity index (χ0) is 31.2. The van der Waals surface area contributed by atoms with E-state index in [1.54, 1.807) is 11.1 Å². The molecule has 3 aliphatic heterocycles. The molecule has 0 bridgehead atoms. The summed E-state index contributed by atoms with van der Waals surface area (Å²) in [5, 5.41) is 3.24. The van der Waals surface area contributed by atoms with Crippen LogP contribution >= 0.6 is 24.3 Å². The van der Waals surface area contributed by atoms with Crippen molar-refractivity contribution < 1.29 is 12.6 Å². The molecule has 0 aliphatic carbocycles. The maximum atomic E-state index is 12.9. The van der Waals surface area contributed by atoms with E-state index in [0.717, 1.165) is 108 Å². The smallest absolute Gasteiger partial charge is 0.256 e. The quantitative estimate of drug-likeness (QED) is 0.231. The molecule has 45 heavy (non-hydrogen) atoms. The Morgan fingerprint density at radius 3 is 2.16 bits per heavy atom. The van der Waals surface area contributed by atoms with Gasteiger partial charge in [0.25, 0.3) is 5.91 Å². The number of aromatic nitrogens is 5. The standard InChI is InChI=1S/C17H21FN4OS.C15H15FN4S/c1-20-9-7-13-15(17(20)23)12-5-6-14(19-16(12)21(13)2)22-8-3-4-11(10-22)24-18;1-19-13-4-6-17-8-12(13)11-2-3-14(18-15(11)19)20-7-5-10(9-20)21-16/h5-6,11H,3-4,7-10H2,1-2H3;2-4,6,8,10H,5,7,9H2,1H3. The van der Waals surface area contributed by atoms with E-state index in [-0.39, 0.29) is 16.4 Å². The number of carbonyl (C=O) groups is 1. The number of likely N-dealkylation sites (N-methyl/N-ethyl adjacent to an activating group) is 1. The summed E-state index contributed by atoms with van der Waals surface area (Å²) in [6.45, 7) is 3.92. The number of nitrogens with zero attached hydrogens (tertiary/aromatic N) is 8. The molecule has 1 amide bonds. The predicted molar refractivity (Wildman–Crippen MR) is 181 cm³/mol. The van der Waals surface area contributed by atoms with Crippen LogP contribution in [-0.4, -0.2) is 85.2 Å². The van der Waals surface area contributed by atoms with Crippen LogP contribution in [0.4, 0.5) is 19.4 Å². The number of piperidine rings is 1. The Bertz CT molecular complexity index is 1890. The predicted octanol–water partition coefficient (Wildman–Crippen LogP) is 6.11. The number of aryl methyl sites for hydroxylation is 2. The largest absolute Gasteiger partial charge is 0.355 e. The van der Waals surface area contributed by atoms with Crippen molar-refractivity contribution in [3.8, 4) is 0 Å². The highest BCUT2D eigenvalue weighted by atomic mass is 32.2. The Morgan fingerprint density at radius 1 is 0.778 bits per heavy atom. The summed E-state index contributed by atoms with van der Waals surface area (Å²) in [4.78, 5) is 32.4. The number of fused-ring (bicyclic) bond motifs is 6. The molecule has 0 radical (unpaired) electrons. The van der Waals surface area contributed by atoms with Gasteiger partial charge in [0.15, 0.2) is 0 Å². The number of rotatable bonds is 4. The van der Waals surface area contributed by atoms with E-state index in [2.05, 4.69) is 25.4 Å². The third-order valence-electron chi connectivity index (χ3n) is 9.44. The summed E-state index contributed by atoms with van der Waals surface area (Å²) in [5.41, 5.74) is 4.77. The first-order chi connectivity index (χ1) is 21.9. The third-order valence-corrected chi connectivity index (χ3v) is 10.7. The molecule has 236 valence electrons. The maximum absolute atomic E-state index is 12.9. The molecule has 8 heterocycles. The van der Waals surface area contributed by atoms with E-state index in [1.165, 1.54) is 0 Å². The second-order valence-corrected chi connectivity index (χ2v) is 13.8. The second kappa shape index (κ2) is 12.3. The van der Waals surface area contributed by atoms with Crippen molar-refractivity contribution in [1.82, 2.24) is 29.0 Å². The molecule has 2 fully saturated rings. The Morgan fingerprint density at radius 2 is 1.44 bits per heavy atom. The third kappa shape index (κ3) is 5.37. The number of hydrogen-bond donors (Lipinski definition) is 0. The highest BCUT2D eigenvalue weighted by molar-refractivity contribution is 7.95. The average molecular weight is 651 g/mol. The van der Waals surface area contributed by atoms with Crippen molar-refractivity contribution in [3.05, 3.63) is 54.0 Å². The van der Waals surface area contributed by atoms with Gasteiger partial charge in [-0.2, -0.15) is 7.77 Å². The van der Waals surface area contributed by atoms with Crippen molar-refractivity contribution in [3.63, 3.8) is 0 Å². The Balaban J connectivity index is 0.000000146. The summed E-state index contributed by atoms with van der Waals surface area (Å²) >= 11 is 0.907. The molecule has 8 rings (SSSR count). The minimum absolute atomic E-state index is 0.0214. The van der Waals surface area contributed by atoms with Gasteiger partial charge >= 0.3 is 0 Å². The fraction of sp³-hybridized carbons (Fsp3) is 0.438. The summed E-state index contributed by atoms with van der Waals surface area (Å²) < 4.78 is 29.8. The van der Waals surface area contributed by atoms with Crippen LogP contribution in [0.3, 0.4) is 0 Å². The van der Waals surface area contributed by atoms with Crippen LogP contribution < -0.4 is 9.80 Å². The number of pyridine rings is 3. The number of anilines is 2.